The van der Waals surface area contributed by atoms with E-state index in [1.165, 1.54) is 25.3 Å². The highest BCUT2D eigenvalue weighted by Crippen LogP contribution is 2.62. The minimum atomic E-state index is -0.265. The van der Waals surface area contributed by atoms with Gasteiger partial charge >= 0.3 is 0 Å². The van der Waals surface area contributed by atoms with Gasteiger partial charge in [-0.05, 0) is 66.7 Å². The van der Waals surface area contributed by atoms with Gasteiger partial charge in [-0.2, -0.15) is 0 Å². The van der Waals surface area contributed by atoms with Crippen LogP contribution in [0.5, 0.6) is 0 Å². The molecule has 1 N–H and O–H groups in total. The molecule has 3 heteroatoms. The highest BCUT2D eigenvalue weighted by atomic mass is 19.1. The Labute approximate surface area is 126 Å². The summed E-state index contributed by atoms with van der Waals surface area (Å²) in [4.78, 5) is 12.5. The van der Waals surface area contributed by atoms with Crippen molar-refractivity contribution in [1.29, 1.82) is 0 Å². The lowest BCUT2D eigenvalue weighted by Gasteiger charge is -2.43. The molecule has 0 aromatic heterocycles. The molecule has 1 aromatic rings. The van der Waals surface area contributed by atoms with E-state index in [1.807, 2.05) is 0 Å². The molecule has 3 unspecified atom stereocenters. The number of carbonyl (C=O) groups is 1. The molecule has 2 saturated carbocycles. The van der Waals surface area contributed by atoms with Crippen molar-refractivity contribution in [2.45, 2.75) is 53.0 Å². The maximum absolute atomic E-state index is 13.3. The number of fused-ring (bicyclic) bond motifs is 2. The second-order valence-corrected chi connectivity index (χ2v) is 7.79. The van der Waals surface area contributed by atoms with Crippen molar-refractivity contribution in [3.05, 3.63) is 35.1 Å². The summed E-state index contributed by atoms with van der Waals surface area (Å²) in [5, 5.41) is 3.24. The van der Waals surface area contributed by atoms with E-state index in [1.54, 1.807) is 19.1 Å². The van der Waals surface area contributed by atoms with Crippen LogP contribution in [0.15, 0.2) is 18.2 Å². The molecule has 0 radical (unpaired) electrons. The van der Waals surface area contributed by atoms with Crippen LogP contribution < -0.4 is 5.32 Å². The predicted octanol–water partition coefficient (Wildman–Crippen LogP) is 4.08. The fourth-order valence-electron chi connectivity index (χ4n) is 4.66. The SMILES string of the molecule is Cc1cc(C(=O)NC2C3(C)CCC(C3)C2(C)C)ccc1F. The highest BCUT2D eigenvalue weighted by molar-refractivity contribution is 5.94. The van der Waals surface area contributed by atoms with E-state index in [9.17, 15) is 9.18 Å². The molecular weight excluding hydrogens is 265 g/mol. The van der Waals surface area contributed by atoms with Crippen LogP contribution in [0.4, 0.5) is 4.39 Å². The normalized spacial score (nSPS) is 33.2. The Morgan fingerprint density at radius 2 is 2.05 bits per heavy atom. The van der Waals surface area contributed by atoms with Gasteiger partial charge in [-0.1, -0.05) is 20.8 Å². The van der Waals surface area contributed by atoms with E-state index in [-0.39, 0.29) is 28.6 Å². The number of benzene rings is 1. The zero-order valence-electron chi connectivity index (χ0n) is 13.3. The van der Waals surface area contributed by atoms with Crippen molar-refractivity contribution in [3.8, 4) is 0 Å². The molecule has 2 aliphatic carbocycles. The van der Waals surface area contributed by atoms with Gasteiger partial charge in [0.15, 0.2) is 0 Å². The summed E-state index contributed by atoms with van der Waals surface area (Å²) in [5.41, 5.74) is 1.41. The molecule has 1 aromatic carbocycles. The third-order valence-electron chi connectivity index (χ3n) is 5.97. The predicted molar refractivity (Wildman–Crippen MR) is 81.6 cm³/mol. The number of nitrogens with one attached hydrogen (secondary N) is 1. The monoisotopic (exact) mass is 289 g/mol. The van der Waals surface area contributed by atoms with Crippen LogP contribution in [0.2, 0.25) is 0 Å². The van der Waals surface area contributed by atoms with E-state index >= 15 is 0 Å². The van der Waals surface area contributed by atoms with Gasteiger partial charge in [-0.15, -0.1) is 0 Å². The molecule has 0 saturated heterocycles. The average molecular weight is 289 g/mol. The maximum atomic E-state index is 13.3. The quantitative estimate of drug-likeness (QED) is 0.873. The number of hydrogen-bond donors (Lipinski definition) is 1. The highest BCUT2D eigenvalue weighted by Gasteiger charge is 2.59. The second-order valence-electron chi connectivity index (χ2n) is 7.79. The standard InChI is InChI=1S/C18H24FNO/c1-11-9-12(5-6-14(11)19)15(21)20-16-17(2,3)13-7-8-18(16,4)10-13/h5-6,9,13,16H,7-8,10H2,1-4H3,(H,20,21). The molecule has 2 aliphatic rings. The number of hydrogen-bond acceptors (Lipinski definition) is 1. The molecule has 0 spiro atoms. The summed E-state index contributed by atoms with van der Waals surface area (Å²) in [6, 6.07) is 4.77. The third kappa shape index (κ3) is 2.18. The Morgan fingerprint density at radius 3 is 2.62 bits per heavy atom. The van der Waals surface area contributed by atoms with Gasteiger partial charge in [-0.3, -0.25) is 4.79 Å². The van der Waals surface area contributed by atoms with Crippen molar-refractivity contribution in [2.24, 2.45) is 16.7 Å². The number of carbonyl (C=O) groups excluding carboxylic acids is 1. The first-order valence-corrected chi connectivity index (χ1v) is 7.81. The maximum Gasteiger partial charge on any atom is 0.251 e. The van der Waals surface area contributed by atoms with Crippen LogP contribution in [0.25, 0.3) is 0 Å². The van der Waals surface area contributed by atoms with Gasteiger partial charge in [-0.25, -0.2) is 4.39 Å². The topological polar surface area (TPSA) is 29.1 Å². The van der Waals surface area contributed by atoms with Gasteiger partial charge < -0.3 is 5.32 Å². The molecule has 2 nitrogen and oxygen atoms in total. The number of amides is 1. The van der Waals surface area contributed by atoms with Gasteiger partial charge in [0.25, 0.3) is 5.91 Å². The molecule has 3 atom stereocenters. The molecule has 21 heavy (non-hydrogen) atoms. The number of rotatable bonds is 2. The molecule has 0 aliphatic heterocycles. The fourth-order valence-corrected chi connectivity index (χ4v) is 4.66. The van der Waals surface area contributed by atoms with Crippen molar-refractivity contribution in [1.82, 2.24) is 5.32 Å². The lowest BCUT2D eigenvalue weighted by Crippen LogP contribution is -2.52. The lowest BCUT2D eigenvalue weighted by molar-refractivity contribution is 0.0737. The summed E-state index contributed by atoms with van der Waals surface area (Å²) in [6.45, 7) is 8.52. The van der Waals surface area contributed by atoms with Crippen LogP contribution in [-0.2, 0) is 0 Å². The minimum Gasteiger partial charge on any atom is -0.348 e. The molecule has 2 fully saturated rings. The Morgan fingerprint density at radius 1 is 1.33 bits per heavy atom. The van der Waals surface area contributed by atoms with Crippen molar-refractivity contribution in [2.75, 3.05) is 0 Å². The number of aryl methyl sites for hydroxylation is 1. The first-order valence-electron chi connectivity index (χ1n) is 7.81. The van der Waals surface area contributed by atoms with E-state index in [0.29, 0.717) is 17.0 Å². The van der Waals surface area contributed by atoms with E-state index in [4.69, 9.17) is 0 Å². The van der Waals surface area contributed by atoms with Crippen molar-refractivity contribution < 1.29 is 9.18 Å². The first-order chi connectivity index (χ1) is 9.74. The zero-order chi connectivity index (χ0) is 15.4. The van der Waals surface area contributed by atoms with E-state index in [0.717, 1.165) is 0 Å². The minimum absolute atomic E-state index is 0.0788. The fraction of sp³-hybridized carbons (Fsp3) is 0.611. The molecule has 114 valence electrons. The molecule has 3 rings (SSSR count). The van der Waals surface area contributed by atoms with Gasteiger partial charge in [0.05, 0.1) is 0 Å². The summed E-state index contributed by atoms with van der Waals surface area (Å²) in [5.74, 6) is 0.353. The Kier molecular flexibility index (Phi) is 3.16. The molecule has 1 amide bonds. The van der Waals surface area contributed by atoms with Gasteiger partial charge in [0.2, 0.25) is 0 Å². The van der Waals surface area contributed by atoms with Crippen molar-refractivity contribution >= 4 is 5.91 Å². The Balaban J connectivity index is 1.83. The van der Waals surface area contributed by atoms with Gasteiger partial charge in [0.1, 0.15) is 5.82 Å². The third-order valence-corrected chi connectivity index (χ3v) is 5.97. The smallest absolute Gasteiger partial charge is 0.251 e. The largest absolute Gasteiger partial charge is 0.348 e. The lowest BCUT2D eigenvalue weighted by atomic mass is 9.68. The summed E-state index contributed by atoms with van der Waals surface area (Å²) >= 11 is 0. The zero-order valence-corrected chi connectivity index (χ0v) is 13.3. The second kappa shape index (κ2) is 4.56. The van der Waals surface area contributed by atoms with Crippen LogP contribution >= 0.6 is 0 Å². The average Bonchev–Trinajstić information content (AvgIpc) is 2.89. The first kappa shape index (κ1) is 14.6. The van der Waals surface area contributed by atoms with Gasteiger partial charge in [0, 0.05) is 11.6 Å². The van der Waals surface area contributed by atoms with E-state index < -0.39 is 0 Å². The Bertz CT molecular complexity index is 590. The molecule has 2 bridgehead atoms. The van der Waals surface area contributed by atoms with E-state index in [2.05, 4.69) is 26.1 Å². The van der Waals surface area contributed by atoms with Crippen molar-refractivity contribution in [3.63, 3.8) is 0 Å². The number of halogens is 1. The molecular formula is C18H24FNO. The van der Waals surface area contributed by atoms with Crippen LogP contribution in [-0.4, -0.2) is 11.9 Å². The van der Waals surface area contributed by atoms with Crippen LogP contribution in [0.1, 0.15) is 56.0 Å². The summed E-state index contributed by atoms with van der Waals surface area (Å²) in [7, 11) is 0. The van der Waals surface area contributed by atoms with Crippen LogP contribution in [0.3, 0.4) is 0 Å². The summed E-state index contributed by atoms with van der Waals surface area (Å²) < 4.78 is 13.3. The Hall–Kier alpha value is -1.38. The molecule has 0 heterocycles. The summed E-state index contributed by atoms with van der Waals surface area (Å²) in [6.07, 6.45) is 3.66. The van der Waals surface area contributed by atoms with Crippen LogP contribution in [0, 0.1) is 29.5 Å².